The van der Waals surface area contributed by atoms with Crippen LogP contribution in [0.15, 0.2) is 42.5 Å². The van der Waals surface area contributed by atoms with Crippen LogP contribution in [0.2, 0.25) is 5.02 Å². The standard InChI is InChI=1S/C26H26ClF6NO3/c1-14(25(28,29)30)20(16-5-7-17(8-6-16)23(2,3)26(31,32)33)21(35)34-19-12-15(4-9-18(19)27)13-24(10-11-24)22(36)37/h4-9,12,14,20H,10-11,13H2,1-3H3,(H,34,35)(H,36,37)/t14-,20+/m1/s1. The van der Waals surface area contributed by atoms with E-state index in [0.717, 1.165) is 45.0 Å². The largest absolute Gasteiger partial charge is 0.481 e. The monoisotopic (exact) mass is 549 g/mol. The normalized spacial score (nSPS) is 17.1. The number of aliphatic carboxylic acids is 1. The van der Waals surface area contributed by atoms with Crippen LogP contribution in [0.25, 0.3) is 0 Å². The van der Waals surface area contributed by atoms with E-state index in [1.165, 1.54) is 12.1 Å². The molecule has 11 heteroatoms. The number of hydrogen-bond donors (Lipinski definition) is 2. The highest BCUT2D eigenvalue weighted by molar-refractivity contribution is 6.33. The van der Waals surface area contributed by atoms with Crippen LogP contribution in [-0.4, -0.2) is 29.3 Å². The van der Waals surface area contributed by atoms with Crippen LogP contribution in [0.1, 0.15) is 56.2 Å². The van der Waals surface area contributed by atoms with Crippen molar-refractivity contribution in [2.75, 3.05) is 5.32 Å². The Bertz CT molecular complexity index is 1170. The summed E-state index contributed by atoms with van der Waals surface area (Å²) in [4.78, 5) is 24.7. The zero-order chi connectivity index (χ0) is 28.0. The first-order valence-corrected chi connectivity index (χ1v) is 11.8. The summed E-state index contributed by atoms with van der Waals surface area (Å²) in [6.45, 7) is 2.73. The van der Waals surface area contributed by atoms with Gasteiger partial charge in [0.05, 0.1) is 33.4 Å². The fraction of sp³-hybridized carbons (Fsp3) is 0.462. The van der Waals surface area contributed by atoms with Gasteiger partial charge in [0.1, 0.15) is 0 Å². The zero-order valence-electron chi connectivity index (χ0n) is 20.2. The van der Waals surface area contributed by atoms with Crippen LogP contribution in [0.4, 0.5) is 32.0 Å². The number of halogens is 7. The first kappa shape index (κ1) is 28.8. The third-order valence-electron chi connectivity index (χ3n) is 7.14. The number of carbonyl (C=O) groups is 2. The maximum Gasteiger partial charge on any atom is 0.397 e. The summed E-state index contributed by atoms with van der Waals surface area (Å²) in [7, 11) is 0. The molecule has 0 aliphatic heterocycles. The molecule has 0 radical (unpaired) electrons. The highest BCUT2D eigenvalue weighted by Gasteiger charge is 2.50. The average Bonchev–Trinajstić information content (AvgIpc) is 3.56. The van der Waals surface area contributed by atoms with E-state index in [-0.39, 0.29) is 28.3 Å². The van der Waals surface area contributed by atoms with Gasteiger partial charge in [-0.3, -0.25) is 9.59 Å². The van der Waals surface area contributed by atoms with Crippen molar-refractivity contribution in [2.45, 2.75) is 63.7 Å². The molecule has 202 valence electrons. The molecule has 4 nitrogen and oxygen atoms in total. The molecule has 2 aromatic rings. The second-order valence-electron chi connectivity index (χ2n) is 10.1. The summed E-state index contributed by atoms with van der Waals surface area (Å²) >= 11 is 6.16. The molecule has 0 saturated heterocycles. The molecule has 0 spiro atoms. The second-order valence-corrected chi connectivity index (χ2v) is 10.5. The molecule has 2 N–H and O–H groups in total. The summed E-state index contributed by atoms with van der Waals surface area (Å²) in [5.74, 6) is -5.95. The number of benzene rings is 2. The highest BCUT2D eigenvalue weighted by atomic mass is 35.5. The highest BCUT2D eigenvalue weighted by Crippen LogP contribution is 2.49. The topological polar surface area (TPSA) is 66.4 Å². The molecule has 1 saturated carbocycles. The van der Waals surface area contributed by atoms with Crippen LogP contribution >= 0.6 is 11.6 Å². The summed E-state index contributed by atoms with van der Waals surface area (Å²) in [6, 6.07) is 8.75. The van der Waals surface area contributed by atoms with Crippen molar-refractivity contribution in [1.82, 2.24) is 0 Å². The lowest BCUT2D eigenvalue weighted by atomic mass is 9.81. The lowest BCUT2D eigenvalue weighted by Crippen LogP contribution is -2.36. The van der Waals surface area contributed by atoms with Crippen molar-refractivity contribution in [2.24, 2.45) is 11.3 Å². The number of anilines is 1. The van der Waals surface area contributed by atoms with E-state index in [9.17, 15) is 41.0 Å². The lowest BCUT2D eigenvalue weighted by molar-refractivity contribution is -0.180. The smallest absolute Gasteiger partial charge is 0.397 e. The number of carboxylic acid groups (broad SMARTS) is 1. The van der Waals surface area contributed by atoms with Gasteiger partial charge in [0.2, 0.25) is 5.91 Å². The maximum absolute atomic E-state index is 13.7. The minimum Gasteiger partial charge on any atom is -0.481 e. The minimum atomic E-state index is -4.78. The van der Waals surface area contributed by atoms with Gasteiger partial charge in [0.25, 0.3) is 0 Å². The predicted octanol–water partition coefficient (Wildman–Crippen LogP) is 7.51. The molecule has 1 aliphatic rings. The molecule has 1 fully saturated rings. The molecular weight excluding hydrogens is 524 g/mol. The first-order chi connectivity index (χ1) is 16.9. The summed E-state index contributed by atoms with van der Waals surface area (Å²) in [6.07, 6.45) is -8.23. The molecule has 2 atom stereocenters. The second kappa shape index (κ2) is 9.85. The summed E-state index contributed by atoms with van der Waals surface area (Å²) < 4.78 is 81.3. The Morgan fingerprint density at radius 2 is 1.59 bits per heavy atom. The number of alkyl halides is 6. The number of nitrogens with one attached hydrogen (secondary N) is 1. The van der Waals surface area contributed by atoms with E-state index in [2.05, 4.69) is 5.32 Å². The van der Waals surface area contributed by atoms with Crippen molar-refractivity contribution in [1.29, 1.82) is 0 Å². The fourth-order valence-corrected chi connectivity index (χ4v) is 4.29. The Kier molecular flexibility index (Phi) is 7.67. The molecule has 1 amide bonds. The van der Waals surface area contributed by atoms with Gasteiger partial charge in [-0.1, -0.05) is 48.9 Å². The average molecular weight is 550 g/mol. The molecule has 0 unspecified atom stereocenters. The van der Waals surface area contributed by atoms with Gasteiger partial charge in [-0.2, -0.15) is 26.3 Å². The van der Waals surface area contributed by atoms with E-state index >= 15 is 0 Å². The van der Waals surface area contributed by atoms with Crippen molar-refractivity contribution >= 4 is 29.2 Å². The molecule has 3 rings (SSSR count). The van der Waals surface area contributed by atoms with Crippen LogP contribution in [0, 0.1) is 11.3 Å². The van der Waals surface area contributed by atoms with E-state index in [1.807, 2.05) is 0 Å². The maximum atomic E-state index is 13.7. The Morgan fingerprint density at radius 3 is 2.05 bits per heavy atom. The van der Waals surface area contributed by atoms with Gasteiger partial charge >= 0.3 is 18.3 Å². The van der Waals surface area contributed by atoms with Crippen LogP contribution in [0.5, 0.6) is 0 Å². The van der Waals surface area contributed by atoms with Gasteiger partial charge in [-0.25, -0.2) is 0 Å². The fourth-order valence-electron chi connectivity index (χ4n) is 4.12. The molecule has 0 aromatic heterocycles. The van der Waals surface area contributed by atoms with E-state index in [4.69, 9.17) is 11.6 Å². The molecule has 2 aromatic carbocycles. The zero-order valence-corrected chi connectivity index (χ0v) is 21.0. The predicted molar refractivity (Wildman–Crippen MR) is 127 cm³/mol. The van der Waals surface area contributed by atoms with Crippen molar-refractivity contribution < 1.29 is 41.0 Å². The third-order valence-corrected chi connectivity index (χ3v) is 7.47. The van der Waals surface area contributed by atoms with Crippen molar-refractivity contribution in [3.05, 3.63) is 64.2 Å². The van der Waals surface area contributed by atoms with Crippen molar-refractivity contribution in [3.63, 3.8) is 0 Å². The lowest BCUT2D eigenvalue weighted by Gasteiger charge is -2.29. The van der Waals surface area contributed by atoms with Crippen LogP contribution in [-0.2, 0) is 21.4 Å². The number of rotatable bonds is 8. The van der Waals surface area contributed by atoms with Crippen LogP contribution in [0.3, 0.4) is 0 Å². The summed E-state index contributed by atoms with van der Waals surface area (Å²) in [5.41, 5.74) is -2.88. The summed E-state index contributed by atoms with van der Waals surface area (Å²) in [5, 5.41) is 11.9. The van der Waals surface area contributed by atoms with Gasteiger partial charge < -0.3 is 10.4 Å². The first-order valence-electron chi connectivity index (χ1n) is 11.5. The Balaban J connectivity index is 1.92. The van der Waals surface area contributed by atoms with Gasteiger partial charge in [-0.05, 0) is 61.9 Å². The van der Waals surface area contributed by atoms with Crippen molar-refractivity contribution in [3.8, 4) is 0 Å². The number of amides is 1. The Morgan fingerprint density at radius 1 is 1.03 bits per heavy atom. The minimum absolute atomic E-state index is 0.0135. The Labute approximate surface area is 215 Å². The number of hydrogen-bond acceptors (Lipinski definition) is 2. The molecular formula is C26H26ClF6NO3. The van der Waals surface area contributed by atoms with E-state index in [1.54, 1.807) is 6.07 Å². The van der Waals surface area contributed by atoms with Gasteiger partial charge in [-0.15, -0.1) is 0 Å². The van der Waals surface area contributed by atoms with Gasteiger partial charge in [0.15, 0.2) is 0 Å². The SMILES string of the molecule is C[C@H]([C@H](C(=O)Nc1cc(CC2(C(=O)O)CC2)ccc1Cl)c1ccc(C(C)(C)C(F)(F)F)cc1)C(F)(F)F. The third kappa shape index (κ3) is 6.05. The number of carboxylic acids is 1. The molecule has 1 aliphatic carbocycles. The number of carbonyl (C=O) groups excluding carboxylic acids is 1. The van der Waals surface area contributed by atoms with Crippen LogP contribution < -0.4 is 5.32 Å². The quantitative estimate of drug-likeness (QED) is 0.335. The molecule has 0 heterocycles. The van der Waals surface area contributed by atoms with Gasteiger partial charge in [0, 0.05) is 0 Å². The molecule has 37 heavy (non-hydrogen) atoms. The van der Waals surface area contributed by atoms with E-state index < -0.39 is 46.9 Å². The van der Waals surface area contributed by atoms with E-state index in [0.29, 0.717) is 18.4 Å². The molecule has 0 bridgehead atoms. The Hall–Kier alpha value is -2.75.